The van der Waals surface area contributed by atoms with Crippen LogP contribution in [0.15, 0.2) is 24.3 Å². The Kier molecular flexibility index (Phi) is 4.32. The molecule has 0 aliphatic carbocycles. The Balaban J connectivity index is 1.70. The van der Waals surface area contributed by atoms with Crippen molar-refractivity contribution in [1.29, 1.82) is 0 Å². The summed E-state index contributed by atoms with van der Waals surface area (Å²) in [6.07, 6.45) is 2.50. The summed E-state index contributed by atoms with van der Waals surface area (Å²) in [5.41, 5.74) is 9.77. The van der Waals surface area contributed by atoms with E-state index in [4.69, 9.17) is 5.73 Å². The maximum atomic E-state index is 5.77. The molecule has 21 heavy (non-hydrogen) atoms. The number of hydrogen-bond donors (Lipinski definition) is 2. The van der Waals surface area contributed by atoms with Crippen molar-refractivity contribution in [3.8, 4) is 0 Å². The molecule has 1 saturated heterocycles. The fourth-order valence-corrected chi connectivity index (χ4v) is 3.25. The Bertz CT molecular complexity index is 592. The molecule has 2 heterocycles. The van der Waals surface area contributed by atoms with E-state index in [1.807, 2.05) is 0 Å². The van der Waals surface area contributed by atoms with Gasteiger partial charge in [-0.05, 0) is 73.5 Å². The van der Waals surface area contributed by atoms with Crippen LogP contribution in [0.4, 0.5) is 0 Å². The number of H-pyrrole nitrogens is 1. The topological polar surface area (TPSA) is 45.0 Å². The Morgan fingerprint density at radius 3 is 2.67 bits per heavy atom. The summed E-state index contributed by atoms with van der Waals surface area (Å²) >= 11 is 0. The molecule has 0 bridgehead atoms. The van der Waals surface area contributed by atoms with E-state index >= 15 is 0 Å². The van der Waals surface area contributed by atoms with Gasteiger partial charge in [0, 0.05) is 17.8 Å². The lowest BCUT2D eigenvalue weighted by Gasteiger charge is -2.31. The minimum Gasteiger partial charge on any atom is -0.358 e. The zero-order chi connectivity index (χ0) is 14.8. The maximum absolute atomic E-state index is 5.77. The lowest BCUT2D eigenvalue weighted by atomic mass is 9.97. The van der Waals surface area contributed by atoms with Gasteiger partial charge in [0.1, 0.15) is 0 Å². The number of rotatable bonds is 4. The first kappa shape index (κ1) is 14.6. The lowest BCUT2D eigenvalue weighted by Crippen LogP contribution is -2.35. The van der Waals surface area contributed by atoms with Crippen molar-refractivity contribution in [2.45, 2.75) is 39.2 Å². The van der Waals surface area contributed by atoms with Crippen LogP contribution in [-0.2, 0) is 6.54 Å². The number of piperidine rings is 1. The van der Waals surface area contributed by atoms with Crippen LogP contribution in [0.1, 0.15) is 43.9 Å². The highest BCUT2D eigenvalue weighted by molar-refractivity contribution is 5.81. The van der Waals surface area contributed by atoms with Gasteiger partial charge in [0.05, 0.1) is 0 Å². The van der Waals surface area contributed by atoms with Crippen LogP contribution in [0, 0.1) is 5.92 Å². The molecule has 0 spiro atoms. The number of fused-ring (bicyclic) bond motifs is 1. The van der Waals surface area contributed by atoms with E-state index < -0.39 is 0 Å². The average molecular weight is 285 g/mol. The molecular formula is C18H27N3. The van der Waals surface area contributed by atoms with Crippen molar-refractivity contribution in [2.24, 2.45) is 11.7 Å². The van der Waals surface area contributed by atoms with E-state index in [1.165, 1.54) is 48.1 Å². The highest BCUT2D eigenvalue weighted by Crippen LogP contribution is 2.23. The second-order valence-corrected chi connectivity index (χ2v) is 6.76. The molecule has 1 fully saturated rings. The molecule has 0 radical (unpaired) electrons. The molecule has 114 valence electrons. The van der Waals surface area contributed by atoms with Crippen molar-refractivity contribution >= 4 is 10.9 Å². The van der Waals surface area contributed by atoms with E-state index in [0.29, 0.717) is 5.92 Å². The molecule has 0 amide bonds. The Hall–Kier alpha value is -1.32. The van der Waals surface area contributed by atoms with Crippen LogP contribution < -0.4 is 5.73 Å². The first-order valence-corrected chi connectivity index (χ1v) is 8.19. The summed E-state index contributed by atoms with van der Waals surface area (Å²) in [5, 5.41) is 1.34. The first-order chi connectivity index (χ1) is 10.2. The predicted octanol–water partition coefficient (Wildman–Crippen LogP) is 3.46. The molecule has 2 aromatic rings. The summed E-state index contributed by atoms with van der Waals surface area (Å²) in [5.74, 6) is 1.29. The Morgan fingerprint density at radius 1 is 1.24 bits per heavy atom. The molecule has 1 aromatic heterocycles. The Morgan fingerprint density at radius 2 is 2.00 bits per heavy atom. The summed E-state index contributed by atoms with van der Waals surface area (Å²) in [4.78, 5) is 6.07. The van der Waals surface area contributed by atoms with Crippen molar-refractivity contribution in [1.82, 2.24) is 9.88 Å². The molecule has 1 aliphatic heterocycles. The van der Waals surface area contributed by atoms with E-state index in [9.17, 15) is 0 Å². The van der Waals surface area contributed by atoms with E-state index in [1.54, 1.807) is 0 Å². The number of nitrogens with two attached hydrogens (primary N) is 1. The molecule has 1 aromatic carbocycles. The molecule has 0 saturated carbocycles. The number of aromatic nitrogens is 1. The van der Waals surface area contributed by atoms with Gasteiger partial charge in [-0.2, -0.15) is 0 Å². The number of likely N-dealkylation sites (tertiary alicyclic amines) is 1. The van der Waals surface area contributed by atoms with Gasteiger partial charge >= 0.3 is 0 Å². The smallest absolute Gasteiger partial charge is 0.0456 e. The van der Waals surface area contributed by atoms with E-state index in [-0.39, 0.29) is 0 Å². The van der Waals surface area contributed by atoms with Crippen molar-refractivity contribution in [3.05, 3.63) is 35.5 Å². The van der Waals surface area contributed by atoms with Crippen LogP contribution in [0.5, 0.6) is 0 Å². The third kappa shape index (κ3) is 3.30. The van der Waals surface area contributed by atoms with Gasteiger partial charge < -0.3 is 10.7 Å². The molecular weight excluding hydrogens is 258 g/mol. The number of nitrogens with one attached hydrogen (secondary N) is 1. The fraction of sp³-hybridized carbons (Fsp3) is 0.556. The lowest BCUT2D eigenvalue weighted by molar-refractivity contribution is 0.180. The molecule has 3 nitrogen and oxygen atoms in total. The van der Waals surface area contributed by atoms with Crippen LogP contribution in [0.2, 0.25) is 0 Å². The quantitative estimate of drug-likeness (QED) is 0.903. The number of nitrogens with zero attached hydrogens (tertiary/aromatic N) is 1. The maximum Gasteiger partial charge on any atom is 0.0456 e. The minimum atomic E-state index is 0.552. The third-order valence-corrected chi connectivity index (χ3v) is 4.77. The van der Waals surface area contributed by atoms with Gasteiger partial charge in [0.25, 0.3) is 0 Å². The fourth-order valence-electron chi connectivity index (χ4n) is 3.25. The monoisotopic (exact) mass is 285 g/mol. The van der Waals surface area contributed by atoms with Gasteiger partial charge in [-0.1, -0.05) is 19.9 Å². The standard InChI is InChI=1S/C18H27N3/c1-13(2)18-10-16-9-15(3-4-17(16)20-18)12-21-7-5-14(11-19)6-8-21/h3-4,9-10,13-14,20H,5-8,11-12,19H2,1-2H3. The second-order valence-electron chi connectivity index (χ2n) is 6.76. The zero-order valence-corrected chi connectivity index (χ0v) is 13.2. The minimum absolute atomic E-state index is 0.552. The molecule has 3 rings (SSSR count). The average Bonchev–Trinajstić information content (AvgIpc) is 2.91. The normalized spacial score (nSPS) is 17.9. The number of aromatic amines is 1. The second kappa shape index (κ2) is 6.20. The first-order valence-electron chi connectivity index (χ1n) is 8.19. The number of hydrogen-bond acceptors (Lipinski definition) is 2. The molecule has 0 unspecified atom stereocenters. The molecule has 1 aliphatic rings. The summed E-state index contributed by atoms with van der Waals surface area (Å²) < 4.78 is 0. The van der Waals surface area contributed by atoms with Crippen LogP contribution >= 0.6 is 0 Å². The van der Waals surface area contributed by atoms with E-state index in [0.717, 1.165) is 19.0 Å². The third-order valence-electron chi connectivity index (χ3n) is 4.77. The van der Waals surface area contributed by atoms with Gasteiger partial charge in [-0.25, -0.2) is 0 Å². The van der Waals surface area contributed by atoms with Gasteiger partial charge in [-0.3, -0.25) is 4.90 Å². The summed E-state index contributed by atoms with van der Waals surface area (Å²) in [6, 6.07) is 9.12. The molecule has 3 N–H and O–H groups in total. The van der Waals surface area contributed by atoms with Gasteiger partial charge in [-0.15, -0.1) is 0 Å². The van der Waals surface area contributed by atoms with Crippen molar-refractivity contribution < 1.29 is 0 Å². The highest BCUT2D eigenvalue weighted by atomic mass is 15.1. The van der Waals surface area contributed by atoms with Crippen LogP contribution in [0.3, 0.4) is 0 Å². The molecule has 0 atom stereocenters. The largest absolute Gasteiger partial charge is 0.358 e. The van der Waals surface area contributed by atoms with Crippen LogP contribution in [0.25, 0.3) is 10.9 Å². The number of benzene rings is 1. The van der Waals surface area contributed by atoms with Gasteiger partial charge in [0.15, 0.2) is 0 Å². The highest BCUT2D eigenvalue weighted by Gasteiger charge is 2.18. The summed E-state index contributed by atoms with van der Waals surface area (Å²) in [6.45, 7) is 8.74. The van der Waals surface area contributed by atoms with Crippen molar-refractivity contribution in [3.63, 3.8) is 0 Å². The predicted molar refractivity (Wildman–Crippen MR) is 89.4 cm³/mol. The van der Waals surface area contributed by atoms with Gasteiger partial charge in [0.2, 0.25) is 0 Å². The van der Waals surface area contributed by atoms with Crippen molar-refractivity contribution in [2.75, 3.05) is 19.6 Å². The van der Waals surface area contributed by atoms with Crippen LogP contribution in [-0.4, -0.2) is 29.5 Å². The SMILES string of the molecule is CC(C)c1cc2cc(CN3CCC(CN)CC3)ccc2[nH]1. The summed E-state index contributed by atoms with van der Waals surface area (Å²) in [7, 11) is 0. The molecule has 3 heteroatoms. The van der Waals surface area contributed by atoms with E-state index in [2.05, 4.69) is 48.0 Å². The Labute approximate surface area is 127 Å². The zero-order valence-electron chi connectivity index (χ0n) is 13.2.